The largest absolute Gasteiger partial charge is 0.374 e. The van der Waals surface area contributed by atoms with Crippen molar-refractivity contribution >= 4 is 17.5 Å². The number of rotatable bonds is 2. The van der Waals surface area contributed by atoms with Gasteiger partial charge in [0.25, 0.3) is 0 Å². The van der Waals surface area contributed by atoms with E-state index in [-0.39, 0.29) is 17.9 Å². The molecule has 1 atom stereocenters. The maximum atomic E-state index is 13.2. The van der Waals surface area contributed by atoms with Gasteiger partial charge in [0.15, 0.2) is 0 Å². The van der Waals surface area contributed by atoms with E-state index in [1.807, 2.05) is 6.07 Å². The summed E-state index contributed by atoms with van der Waals surface area (Å²) in [7, 11) is 0. The average molecular weight is 247 g/mol. The number of imide groups is 1. The Morgan fingerprint density at radius 3 is 2.83 bits per heavy atom. The number of halogens is 1. The first-order chi connectivity index (χ1) is 8.58. The summed E-state index contributed by atoms with van der Waals surface area (Å²) in [6.07, 6.45) is 0.590. The normalized spacial score (nSPS) is 19.0. The Balaban J connectivity index is 2.14. The standard InChI is InChI=1S/C12H10FN3O2/c13-8-3-7(6-14)4-9(5-8)15-10-1-2-11(17)16-12(10)18/h3-5,10,15H,1-2H2,(H,16,17,18). The van der Waals surface area contributed by atoms with Crippen molar-refractivity contribution in [1.29, 1.82) is 5.26 Å². The van der Waals surface area contributed by atoms with Gasteiger partial charge in [-0.25, -0.2) is 4.39 Å². The van der Waals surface area contributed by atoms with Crippen molar-refractivity contribution in [1.82, 2.24) is 5.32 Å². The summed E-state index contributed by atoms with van der Waals surface area (Å²) in [4.78, 5) is 22.5. The number of nitrogens with zero attached hydrogens (tertiary/aromatic N) is 1. The summed E-state index contributed by atoms with van der Waals surface area (Å²) in [5, 5.41) is 13.7. The van der Waals surface area contributed by atoms with Crippen LogP contribution in [0, 0.1) is 17.1 Å². The fourth-order valence-corrected chi connectivity index (χ4v) is 1.77. The van der Waals surface area contributed by atoms with Crippen molar-refractivity contribution in [2.24, 2.45) is 0 Å². The number of amides is 2. The van der Waals surface area contributed by atoms with E-state index < -0.39 is 17.8 Å². The maximum absolute atomic E-state index is 13.2. The van der Waals surface area contributed by atoms with Gasteiger partial charge in [0.1, 0.15) is 11.9 Å². The van der Waals surface area contributed by atoms with Crippen LogP contribution in [0.5, 0.6) is 0 Å². The zero-order valence-electron chi connectivity index (χ0n) is 9.37. The van der Waals surface area contributed by atoms with Crippen molar-refractivity contribution in [3.8, 4) is 6.07 Å². The van der Waals surface area contributed by atoms with Gasteiger partial charge in [0.05, 0.1) is 11.6 Å². The lowest BCUT2D eigenvalue weighted by Gasteiger charge is -2.22. The van der Waals surface area contributed by atoms with E-state index in [2.05, 4.69) is 10.6 Å². The van der Waals surface area contributed by atoms with E-state index in [4.69, 9.17) is 5.26 Å². The molecule has 0 bridgehead atoms. The summed E-state index contributed by atoms with van der Waals surface area (Å²) in [5.41, 5.74) is 0.519. The van der Waals surface area contributed by atoms with Crippen molar-refractivity contribution in [2.75, 3.05) is 5.32 Å². The molecule has 1 aliphatic rings. The quantitative estimate of drug-likeness (QED) is 0.761. The summed E-state index contributed by atoms with van der Waals surface area (Å²) in [6.45, 7) is 0. The topological polar surface area (TPSA) is 82.0 Å². The summed E-state index contributed by atoms with van der Waals surface area (Å²) >= 11 is 0. The molecule has 1 aromatic carbocycles. The number of hydrogen-bond donors (Lipinski definition) is 2. The summed E-state index contributed by atoms with van der Waals surface area (Å²) in [5.74, 6) is -1.30. The predicted octanol–water partition coefficient (Wildman–Crippen LogP) is 0.914. The van der Waals surface area contributed by atoms with Crippen LogP contribution in [0.2, 0.25) is 0 Å². The Hall–Kier alpha value is -2.42. The summed E-state index contributed by atoms with van der Waals surface area (Å²) < 4.78 is 13.2. The molecule has 5 nitrogen and oxygen atoms in total. The monoisotopic (exact) mass is 247 g/mol. The Bertz CT molecular complexity index is 551. The lowest BCUT2D eigenvalue weighted by Crippen LogP contribution is -2.47. The van der Waals surface area contributed by atoms with Crippen LogP contribution in [0.25, 0.3) is 0 Å². The third kappa shape index (κ3) is 2.63. The van der Waals surface area contributed by atoms with Gasteiger partial charge < -0.3 is 5.32 Å². The van der Waals surface area contributed by atoms with Gasteiger partial charge in [-0.2, -0.15) is 5.26 Å². The molecule has 0 saturated carbocycles. The molecule has 1 saturated heterocycles. The highest BCUT2D eigenvalue weighted by Gasteiger charge is 2.26. The van der Waals surface area contributed by atoms with Crippen LogP contribution in [0.1, 0.15) is 18.4 Å². The zero-order valence-corrected chi connectivity index (χ0v) is 9.37. The molecule has 1 fully saturated rings. The van der Waals surface area contributed by atoms with Crippen LogP contribution in [0.15, 0.2) is 18.2 Å². The van der Waals surface area contributed by atoms with E-state index >= 15 is 0 Å². The first-order valence-corrected chi connectivity index (χ1v) is 5.39. The van der Waals surface area contributed by atoms with Crippen LogP contribution in [0.4, 0.5) is 10.1 Å². The molecule has 18 heavy (non-hydrogen) atoms. The molecule has 2 N–H and O–H groups in total. The molecule has 6 heteroatoms. The Morgan fingerprint density at radius 2 is 2.17 bits per heavy atom. The van der Waals surface area contributed by atoms with Gasteiger partial charge in [-0.3, -0.25) is 14.9 Å². The molecular formula is C12H10FN3O2. The second-order valence-corrected chi connectivity index (χ2v) is 3.99. The maximum Gasteiger partial charge on any atom is 0.249 e. The third-order valence-corrected chi connectivity index (χ3v) is 2.61. The van der Waals surface area contributed by atoms with Crippen LogP contribution in [-0.4, -0.2) is 17.9 Å². The second kappa shape index (κ2) is 4.84. The van der Waals surface area contributed by atoms with Crippen LogP contribution >= 0.6 is 0 Å². The second-order valence-electron chi connectivity index (χ2n) is 3.99. The SMILES string of the molecule is N#Cc1cc(F)cc(NC2CCC(=O)NC2=O)c1. The molecular weight excluding hydrogens is 237 g/mol. The molecule has 1 unspecified atom stereocenters. The van der Waals surface area contributed by atoms with Crippen LogP contribution < -0.4 is 10.6 Å². The van der Waals surface area contributed by atoms with Crippen LogP contribution in [0.3, 0.4) is 0 Å². The predicted molar refractivity (Wildman–Crippen MR) is 60.9 cm³/mol. The first kappa shape index (κ1) is 12.0. The van der Waals surface area contributed by atoms with Gasteiger partial charge in [-0.05, 0) is 24.6 Å². The number of benzene rings is 1. The summed E-state index contributed by atoms with van der Waals surface area (Å²) in [6, 6.07) is 5.00. The number of nitrogens with one attached hydrogen (secondary N) is 2. The van der Waals surface area contributed by atoms with Crippen molar-refractivity contribution < 1.29 is 14.0 Å². The van der Waals surface area contributed by atoms with E-state index in [1.165, 1.54) is 12.1 Å². The van der Waals surface area contributed by atoms with Crippen molar-refractivity contribution in [3.05, 3.63) is 29.6 Å². The number of anilines is 1. The van der Waals surface area contributed by atoms with Crippen molar-refractivity contribution in [2.45, 2.75) is 18.9 Å². The highest BCUT2D eigenvalue weighted by molar-refractivity contribution is 6.01. The fourth-order valence-electron chi connectivity index (χ4n) is 1.77. The minimum Gasteiger partial charge on any atom is -0.374 e. The van der Waals surface area contributed by atoms with Gasteiger partial charge in [0, 0.05) is 12.1 Å². The molecule has 0 spiro atoms. The minimum atomic E-state index is -0.587. The van der Waals surface area contributed by atoms with Crippen LogP contribution in [-0.2, 0) is 9.59 Å². The molecule has 92 valence electrons. The van der Waals surface area contributed by atoms with Crippen molar-refractivity contribution in [3.63, 3.8) is 0 Å². The molecule has 0 radical (unpaired) electrons. The Kier molecular flexibility index (Phi) is 3.24. The molecule has 2 rings (SSSR count). The molecule has 2 amide bonds. The fraction of sp³-hybridized carbons (Fsp3) is 0.250. The number of hydrogen-bond acceptors (Lipinski definition) is 4. The Labute approximate surface area is 103 Å². The molecule has 0 aliphatic carbocycles. The highest BCUT2D eigenvalue weighted by atomic mass is 19.1. The van der Waals surface area contributed by atoms with E-state index in [1.54, 1.807) is 0 Å². The molecule has 1 aromatic rings. The lowest BCUT2D eigenvalue weighted by atomic mass is 10.1. The third-order valence-electron chi connectivity index (χ3n) is 2.61. The van der Waals surface area contributed by atoms with E-state index in [0.29, 0.717) is 12.1 Å². The number of nitriles is 1. The van der Waals surface area contributed by atoms with Gasteiger partial charge in [-0.1, -0.05) is 0 Å². The minimum absolute atomic E-state index is 0.171. The van der Waals surface area contributed by atoms with Gasteiger partial charge in [0.2, 0.25) is 11.8 Å². The highest BCUT2D eigenvalue weighted by Crippen LogP contribution is 2.17. The van der Waals surface area contributed by atoms with Gasteiger partial charge >= 0.3 is 0 Å². The zero-order chi connectivity index (χ0) is 13.1. The molecule has 1 heterocycles. The van der Waals surface area contributed by atoms with E-state index in [9.17, 15) is 14.0 Å². The van der Waals surface area contributed by atoms with Gasteiger partial charge in [-0.15, -0.1) is 0 Å². The lowest BCUT2D eigenvalue weighted by molar-refractivity contribution is -0.133. The number of carbonyl (C=O) groups is 2. The number of carbonyl (C=O) groups excluding carboxylic acids is 2. The average Bonchev–Trinajstić information content (AvgIpc) is 2.32. The Morgan fingerprint density at radius 1 is 1.39 bits per heavy atom. The van der Waals surface area contributed by atoms with E-state index in [0.717, 1.165) is 6.07 Å². The first-order valence-electron chi connectivity index (χ1n) is 5.39. The smallest absolute Gasteiger partial charge is 0.249 e. The molecule has 0 aromatic heterocycles. The molecule has 1 aliphatic heterocycles. The number of piperidine rings is 1.